The van der Waals surface area contributed by atoms with Crippen LogP contribution in [0.5, 0.6) is 0 Å². The fourth-order valence-corrected chi connectivity index (χ4v) is 11.7. The highest BCUT2D eigenvalue weighted by molar-refractivity contribution is 7.25. The van der Waals surface area contributed by atoms with E-state index >= 15 is 0 Å². The number of aromatic nitrogens is 3. The van der Waals surface area contributed by atoms with E-state index in [9.17, 15) is 12.3 Å². The average Bonchev–Trinajstić information content (AvgIpc) is 1.66. The lowest BCUT2D eigenvalue weighted by molar-refractivity contribution is 0.768. The van der Waals surface area contributed by atoms with E-state index in [1.807, 2.05) is 109 Å². The van der Waals surface area contributed by atoms with Crippen LogP contribution in [-0.2, 0) is 5.41 Å². The van der Waals surface area contributed by atoms with Gasteiger partial charge in [0, 0.05) is 36.9 Å². The van der Waals surface area contributed by atoms with Crippen LogP contribution in [0.2, 0.25) is 0 Å². The van der Waals surface area contributed by atoms with Crippen molar-refractivity contribution in [2.45, 2.75) is 5.41 Å². The Bertz CT molecular complexity index is 5490. The summed E-state index contributed by atoms with van der Waals surface area (Å²) in [6, 6.07) is 41.3. The zero-order chi connectivity index (χ0) is 63.5. The summed E-state index contributed by atoms with van der Waals surface area (Å²) in [4.78, 5) is 15.3. The van der Waals surface area contributed by atoms with Crippen molar-refractivity contribution in [2.75, 3.05) is 0 Å². The maximum absolute atomic E-state index is 10.1. The van der Waals surface area contributed by atoms with Crippen LogP contribution in [-0.4, -0.2) is 15.0 Å². The minimum atomic E-state index is -0.795. The lowest BCUT2D eigenvalue weighted by Crippen LogP contribution is -2.28. The zero-order valence-electron chi connectivity index (χ0n) is 55.8. The van der Waals surface area contributed by atoms with E-state index in [1.165, 1.54) is 0 Å². The van der Waals surface area contributed by atoms with Crippen molar-refractivity contribution >= 4 is 63.8 Å². The molecule has 2 aromatic heterocycles. The molecule has 0 saturated carbocycles. The van der Waals surface area contributed by atoms with Gasteiger partial charge in [0.1, 0.15) is 0 Å². The summed E-state index contributed by atoms with van der Waals surface area (Å²) in [6.45, 7) is 0. The number of benzene rings is 12. The molecule has 1 aliphatic rings. The summed E-state index contributed by atoms with van der Waals surface area (Å²) < 4.78 is 159. The van der Waals surface area contributed by atoms with Crippen molar-refractivity contribution in [3.63, 3.8) is 0 Å². The molecular formula is C70H43N3S. The van der Waals surface area contributed by atoms with Gasteiger partial charge < -0.3 is 0 Å². The molecule has 12 aromatic carbocycles. The lowest BCUT2D eigenvalue weighted by atomic mass is 9.67. The van der Waals surface area contributed by atoms with Gasteiger partial charge in [0.05, 0.1) is 28.7 Å². The summed E-state index contributed by atoms with van der Waals surface area (Å²) >= 11 is 0.836. The van der Waals surface area contributed by atoms with Crippen LogP contribution in [0.25, 0.3) is 120 Å². The Balaban J connectivity index is 0.979. The molecule has 3 nitrogen and oxygen atoms in total. The predicted octanol–water partition coefficient (Wildman–Crippen LogP) is 18.4. The molecule has 0 aliphatic heterocycles. The van der Waals surface area contributed by atoms with E-state index < -0.39 is 129 Å². The second-order valence-electron chi connectivity index (χ2n) is 18.1. The van der Waals surface area contributed by atoms with Gasteiger partial charge in [0.15, 0.2) is 17.5 Å². The van der Waals surface area contributed by atoms with Crippen molar-refractivity contribution in [1.29, 1.82) is 0 Å². The lowest BCUT2D eigenvalue weighted by Gasteiger charge is -2.34. The van der Waals surface area contributed by atoms with Gasteiger partial charge in [-0.15, -0.1) is 11.3 Å². The third-order valence-corrected chi connectivity index (χ3v) is 15.0. The normalized spacial score (nSPS) is 15.9. The molecule has 0 fully saturated rings. The first-order valence-corrected chi connectivity index (χ1v) is 24.7. The highest BCUT2D eigenvalue weighted by atomic mass is 32.1. The third kappa shape index (κ3) is 6.62. The fourth-order valence-electron chi connectivity index (χ4n) is 10.7. The summed E-state index contributed by atoms with van der Waals surface area (Å²) in [7, 11) is 0. The van der Waals surface area contributed by atoms with E-state index in [-0.39, 0.29) is 65.4 Å². The second kappa shape index (κ2) is 16.9. The van der Waals surface area contributed by atoms with Crippen LogP contribution >= 0.6 is 11.3 Å². The number of fused-ring (bicyclic) bond motifs is 12. The van der Waals surface area contributed by atoms with Gasteiger partial charge in [-0.1, -0.05) is 224 Å². The predicted molar refractivity (Wildman–Crippen MR) is 310 cm³/mol. The largest absolute Gasteiger partial charge is 0.208 e. The van der Waals surface area contributed by atoms with Gasteiger partial charge in [0.25, 0.3) is 0 Å². The second-order valence-corrected chi connectivity index (χ2v) is 19.1. The SMILES string of the molecule is [2H]c1c(-c2c([2H])c([2H])c3c4c([2H])c([2H])c([2H])c([2H])c4c4c([2H])c([2H])c([2H])c([2H])c4c3c2[2H])c([2H])c2c(sc3c([2H])c(-c4nc(-c5cccc(-c6ccccc6)c5)nc(-c5ccc6c(c5)C(c5ccccc5)(c5ccccc5)c5ccccc5-6)n4)c([2H])c([2H])c32)c1[2H]. The molecule has 0 atom stereocenters. The highest BCUT2D eigenvalue weighted by Gasteiger charge is 2.46. The molecule has 4 heteroatoms. The third-order valence-electron chi connectivity index (χ3n) is 14.0. The van der Waals surface area contributed by atoms with Crippen molar-refractivity contribution in [2.24, 2.45) is 0 Å². The van der Waals surface area contributed by atoms with Gasteiger partial charge in [0.2, 0.25) is 0 Å². The molecule has 0 unspecified atom stereocenters. The van der Waals surface area contributed by atoms with Gasteiger partial charge >= 0.3 is 0 Å². The zero-order valence-corrected chi connectivity index (χ0v) is 39.6. The highest BCUT2D eigenvalue weighted by Crippen LogP contribution is 2.56. The minimum absolute atomic E-state index is 0.0319. The van der Waals surface area contributed by atoms with Gasteiger partial charge in [-0.2, -0.15) is 0 Å². The molecule has 0 spiro atoms. The van der Waals surface area contributed by atoms with E-state index in [0.29, 0.717) is 11.1 Å². The maximum atomic E-state index is 10.1. The van der Waals surface area contributed by atoms with Gasteiger partial charge in [-0.05, 0) is 124 Å². The summed E-state index contributed by atoms with van der Waals surface area (Å²) in [5.74, 6) is 0.279. The van der Waals surface area contributed by atoms with Crippen molar-refractivity contribution in [3.05, 3.63) is 283 Å². The Morgan fingerprint density at radius 1 is 0.311 bits per heavy atom. The van der Waals surface area contributed by atoms with E-state index in [0.717, 1.165) is 55.8 Å². The molecule has 14 aromatic rings. The van der Waals surface area contributed by atoms with Crippen LogP contribution in [0, 0.1) is 0 Å². The van der Waals surface area contributed by atoms with E-state index in [1.54, 1.807) is 0 Å². The standard InChI is InChI=1S/C70H43N3S/c1-4-17-44(18-5-1)45-19-16-20-48(39-45)67-71-68(49-32-36-59-58-29-14-15-30-63(58)70(64(59)42-49,51-21-6-2-7-22-51)52-23-8-3-9-24-52)73-69(72-67)50-33-37-60-62-41-47(34-38-65(62)74-66(60)43-50)46-31-35-57-55-27-11-10-25-53(55)54-26-12-13-28-56(54)61(57)40-46/h1-43H/i10D,11D,12D,13D,25D,26D,27D,28D,31D,33D,34D,35D,37D,38D,40D,41D,43D. The first kappa shape index (κ1) is 28.6. The Morgan fingerprint density at radius 2 is 0.811 bits per heavy atom. The molecular weight excluding hydrogens is 915 g/mol. The van der Waals surface area contributed by atoms with Crippen molar-refractivity contribution in [1.82, 2.24) is 15.0 Å². The Labute approximate surface area is 456 Å². The Morgan fingerprint density at radius 3 is 1.50 bits per heavy atom. The Kier molecular flexibility index (Phi) is 6.53. The number of thiophene rings is 1. The van der Waals surface area contributed by atoms with Crippen LogP contribution in [0.1, 0.15) is 45.6 Å². The summed E-state index contributed by atoms with van der Waals surface area (Å²) in [5.41, 5.74) is 7.10. The van der Waals surface area contributed by atoms with Crippen LogP contribution in [0.15, 0.2) is 260 Å². The molecule has 74 heavy (non-hydrogen) atoms. The van der Waals surface area contributed by atoms with E-state index in [4.69, 9.17) is 25.9 Å². The van der Waals surface area contributed by atoms with Crippen LogP contribution in [0.4, 0.5) is 0 Å². The molecule has 0 amide bonds. The van der Waals surface area contributed by atoms with Gasteiger partial charge in [-0.25, -0.2) is 15.0 Å². The maximum Gasteiger partial charge on any atom is 0.164 e. The first-order chi connectivity index (χ1) is 43.8. The molecule has 2 heterocycles. The number of rotatable bonds is 7. The van der Waals surface area contributed by atoms with Crippen molar-refractivity contribution in [3.8, 4) is 67.5 Å². The topological polar surface area (TPSA) is 38.7 Å². The van der Waals surface area contributed by atoms with E-state index in [2.05, 4.69) is 48.5 Å². The molecule has 1 aliphatic carbocycles. The number of hydrogen-bond donors (Lipinski definition) is 0. The van der Waals surface area contributed by atoms with Crippen molar-refractivity contribution < 1.29 is 23.3 Å². The smallest absolute Gasteiger partial charge is 0.164 e. The van der Waals surface area contributed by atoms with Crippen LogP contribution < -0.4 is 0 Å². The first-order valence-electron chi connectivity index (χ1n) is 32.4. The molecule has 15 rings (SSSR count). The number of hydrogen-bond acceptors (Lipinski definition) is 4. The summed E-state index contributed by atoms with van der Waals surface area (Å²) in [5, 5.41) is -2.59. The molecule has 0 radical (unpaired) electrons. The molecule has 0 saturated heterocycles. The van der Waals surface area contributed by atoms with Crippen LogP contribution in [0.3, 0.4) is 0 Å². The summed E-state index contributed by atoms with van der Waals surface area (Å²) in [6.07, 6.45) is 0. The fraction of sp³-hybridized carbons (Fsp3) is 0.0143. The Hall–Kier alpha value is -9.35. The minimum Gasteiger partial charge on any atom is -0.208 e. The molecule has 0 N–H and O–H groups in total. The average molecular weight is 975 g/mol. The number of nitrogens with zero attached hydrogens (tertiary/aromatic N) is 3. The molecule has 344 valence electrons. The van der Waals surface area contributed by atoms with Gasteiger partial charge in [-0.3, -0.25) is 0 Å². The molecule has 0 bridgehead atoms. The monoisotopic (exact) mass is 974 g/mol. The quantitative estimate of drug-likeness (QED) is 0.149.